The van der Waals surface area contributed by atoms with Crippen molar-refractivity contribution in [1.82, 2.24) is 0 Å². The zero-order valence-corrected chi connectivity index (χ0v) is 9.75. The van der Waals surface area contributed by atoms with E-state index in [1.54, 1.807) is 18.2 Å². The van der Waals surface area contributed by atoms with E-state index in [9.17, 15) is 4.79 Å². The molecule has 0 fully saturated rings. The molecule has 0 saturated heterocycles. The number of amides is 1. The average molecular weight is 290 g/mol. The van der Waals surface area contributed by atoms with Crippen molar-refractivity contribution in [2.24, 2.45) is 10.7 Å². The lowest BCUT2D eigenvalue weighted by molar-refractivity contribution is -0.122. The second kappa shape index (κ2) is 3.83. The largest absolute Gasteiger partial charge is 0.447 e. The lowest BCUT2D eigenvalue weighted by atomic mass is 10.1. The maximum Gasteiger partial charge on any atom is 0.296 e. The molecule has 0 spiro atoms. The summed E-state index contributed by atoms with van der Waals surface area (Å²) < 4.78 is 5.89. The highest BCUT2D eigenvalue weighted by Gasteiger charge is 2.30. The molecule has 0 saturated carbocycles. The summed E-state index contributed by atoms with van der Waals surface area (Å²) in [7, 11) is 0. The van der Waals surface area contributed by atoms with Crippen molar-refractivity contribution in [2.45, 2.75) is 6.10 Å². The number of carbonyl (C=O) groups excluding carboxylic acids is 1. The number of rotatable bonds is 1. The maximum atomic E-state index is 11.4. The minimum atomic E-state index is -0.814. The minimum absolute atomic E-state index is 0.121. The van der Waals surface area contributed by atoms with E-state index in [4.69, 9.17) is 22.1 Å². The van der Waals surface area contributed by atoms with Gasteiger partial charge in [0.1, 0.15) is 0 Å². The predicted octanol–water partition coefficient (Wildman–Crippen LogP) is 2.02. The fourth-order valence-electron chi connectivity index (χ4n) is 1.28. The van der Waals surface area contributed by atoms with Crippen molar-refractivity contribution in [2.75, 3.05) is 0 Å². The Kier molecular flexibility index (Phi) is 2.67. The van der Waals surface area contributed by atoms with Gasteiger partial charge in [-0.15, -0.1) is 0 Å². The molecule has 4 nitrogen and oxygen atoms in total. The van der Waals surface area contributed by atoms with E-state index >= 15 is 0 Å². The molecule has 6 heteroatoms. The highest BCUT2D eigenvalue weighted by molar-refractivity contribution is 9.10. The van der Waals surface area contributed by atoms with Crippen LogP contribution in [-0.4, -0.2) is 11.9 Å². The highest BCUT2D eigenvalue weighted by Crippen LogP contribution is 2.31. The smallest absolute Gasteiger partial charge is 0.296 e. The molecule has 0 radical (unpaired) electrons. The summed E-state index contributed by atoms with van der Waals surface area (Å²) in [5.74, 6) is -0.434. The maximum absolute atomic E-state index is 11.4. The van der Waals surface area contributed by atoms with Gasteiger partial charge in [0.15, 0.2) is 0 Å². The molecule has 1 aromatic rings. The van der Waals surface area contributed by atoms with Gasteiger partial charge < -0.3 is 10.5 Å². The number of ether oxygens (including phenoxy) is 1. The standard InChI is InChI=1S/C9H6BrClN2O2/c10-4-1-2-5(6(11)3-4)7-8(14)13-9(12)15-7/h1-3,7H,(H2,12,13,14). The number of carbonyl (C=O) groups is 1. The van der Waals surface area contributed by atoms with E-state index < -0.39 is 12.0 Å². The van der Waals surface area contributed by atoms with Crippen molar-refractivity contribution in [1.29, 1.82) is 0 Å². The highest BCUT2D eigenvalue weighted by atomic mass is 79.9. The summed E-state index contributed by atoms with van der Waals surface area (Å²) in [6, 6.07) is 5.03. The molecule has 1 unspecified atom stereocenters. The summed E-state index contributed by atoms with van der Waals surface area (Å²) in [6.07, 6.45) is -0.814. The van der Waals surface area contributed by atoms with Crippen LogP contribution in [0.2, 0.25) is 5.02 Å². The lowest BCUT2D eigenvalue weighted by Crippen LogP contribution is -2.14. The molecule has 15 heavy (non-hydrogen) atoms. The van der Waals surface area contributed by atoms with Gasteiger partial charge in [0.05, 0.1) is 0 Å². The van der Waals surface area contributed by atoms with E-state index in [1.807, 2.05) is 0 Å². The minimum Gasteiger partial charge on any atom is -0.447 e. The fourth-order valence-corrected chi connectivity index (χ4v) is 2.05. The van der Waals surface area contributed by atoms with Crippen molar-refractivity contribution >= 4 is 39.5 Å². The van der Waals surface area contributed by atoms with Crippen LogP contribution < -0.4 is 5.73 Å². The topological polar surface area (TPSA) is 64.7 Å². The number of halogens is 2. The Hall–Kier alpha value is -1.07. The van der Waals surface area contributed by atoms with Crippen LogP contribution in [0, 0.1) is 0 Å². The summed E-state index contributed by atoms with van der Waals surface area (Å²) in [4.78, 5) is 14.8. The van der Waals surface area contributed by atoms with Crippen LogP contribution in [0.5, 0.6) is 0 Å². The zero-order chi connectivity index (χ0) is 11.0. The lowest BCUT2D eigenvalue weighted by Gasteiger charge is -2.10. The van der Waals surface area contributed by atoms with E-state index in [0.29, 0.717) is 10.6 Å². The number of hydrogen-bond donors (Lipinski definition) is 1. The third-order valence-corrected chi connectivity index (χ3v) is 2.75. The number of nitrogens with two attached hydrogens (primary N) is 1. The molecule has 1 amide bonds. The van der Waals surface area contributed by atoms with Crippen LogP contribution in [0.15, 0.2) is 27.7 Å². The molecule has 1 aliphatic rings. The first kappa shape index (κ1) is 10.4. The van der Waals surface area contributed by atoms with Crippen LogP contribution in [-0.2, 0) is 9.53 Å². The van der Waals surface area contributed by atoms with Gasteiger partial charge in [-0.1, -0.05) is 33.6 Å². The fraction of sp³-hybridized carbons (Fsp3) is 0.111. The van der Waals surface area contributed by atoms with Gasteiger partial charge in [0, 0.05) is 15.1 Å². The third kappa shape index (κ3) is 1.98. The van der Waals surface area contributed by atoms with Crippen molar-refractivity contribution in [3.8, 4) is 0 Å². The first-order valence-corrected chi connectivity index (χ1v) is 5.24. The second-order valence-corrected chi connectivity index (χ2v) is 4.27. The number of nitrogens with zero attached hydrogens (tertiary/aromatic N) is 1. The normalized spacial score (nSPS) is 20.0. The number of amidine groups is 1. The second-order valence-electron chi connectivity index (χ2n) is 2.95. The predicted molar refractivity (Wildman–Crippen MR) is 59.6 cm³/mol. The molecule has 0 aliphatic carbocycles. The molecule has 2 rings (SSSR count). The molecule has 2 N–H and O–H groups in total. The van der Waals surface area contributed by atoms with Gasteiger partial charge in [-0.05, 0) is 12.1 Å². The average Bonchev–Trinajstić information content (AvgIpc) is 2.45. The van der Waals surface area contributed by atoms with Gasteiger partial charge in [0.2, 0.25) is 6.10 Å². The zero-order valence-electron chi connectivity index (χ0n) is 7.41. The molecule has 1 atom stereocenters. The van der Waals surface area contributed by atoms with Gasteiger partial charge in [0.25, 0.3) is 11.9 Å². The summed E-state index contributed by atoms with van der Waals surface area (Å²) >= 11 is 9.24. The van der Waals surface area contributed by atoms with Crippen LogP contribution >= 0.6 is 27.5 Å². The van der Waals surface area contributed by atoms with E-state index in [2.05, 4.69) is 20.9 Å². The number of hydrogen-bond acceptors (Lipinski definition) is 3. The molecular formula is C9H6BrClN2O2. The molecule has 1 heterocycles. The Morgan fingerprint density at radius 2 is 2.27 bits per heavy atom. The monoisotopic (exact) mass is 288 g/mol. The summed E-state index contributed by atoms with van der Waals surface area (Å²) in [6.45, 7) is 0. The van der Waals surface area contributed by atoms with E-state index in [-0.39, 0.29) is 6.02 Å². The number of benzene rings is 1. The van der Waals surface area contributed by atoms with Crippen LogP contribution in [0.1, 0.15) is 11.7 Å². The third-order valence-electron chi connectivity index (χ3n) is 1.93. The molecule has 0 aromatic heterocycles. The molecule has 78 valence electrons. The Balaban J connectivity index is 2.36. The quantitative estimate of drug-likeness (QED) is 0.860. The van der Waals surface area contributed by atoms with Gasteiger partial charge in [-0.2, -0.15) is 4.99 Å². The summed E-state index contributed by atoms with van der Waals surface area (Å²) in [5.41, 5.74) is 5.85. The van der Waals surface area contributed by atoms with Crippen molar-refractivity contribution in [3.63, 3.8) is 0 Å². The first-order valence-electron chi connectivity index (χ1n) is 4.07. The van der Waals surface area contributed by atoms with Gasteiger partial charge in [-0.25, -0.2) is 0 Å². The van der Waals surface area contributed by atoms with Crippen LogP contribution in [0.3, 0.4) is 0 Å². The van der Waals surface area contributed by atoms with Gasteiger partial charge in [-0.3, -0.25) is 4.79 Å². The Morgan fingerprint density at radius 1 is 1.53 bits per heavy atom. The van der Waals surface area contributed by atoms with Crippen LogP contribution in [0.4, 0.5) is 0 Å². The van der Waals surface area contributed by atoms with E-state index in [1.165, 1.54) is 0 Å². The first-order chi connectivity index (χ1) is 7.08. The van der Waals surface area contributed by atoms with Crippen LogP contribution in [0.25, 0.3) is 0 Å². The Bertz CT molecular complexity index is 461. The summed E-state index contributed by atoms with van der Waals surface area (Å²) in [5, 5.41) is 0.438. The molecule has 1 aliphatic heterocycles. The molecule has 0 bridgehead atoms. The van der Waals surface area contributed by atoms with Crippen molar-refractivity contribution < 1.29 is 9.53 Å². The SMILES string of the molecule is NC1=NC(=O)C(c2ccc(Br)cc2Cl)O1. The van der Waals surface area contributed by atoms with Gasteiger partial charge >= 0.3 is 0 Å². The van der Waals surface area contributed by atoms with E-state index in [0.717, 1.165) is 4.47 Å². The Labute approximate surface area is 99.2 Å². The molecular weight excluding hydrogens is 283 g/mol. The van der Waals surface area contributed by atoms with Crippen molar-refractivity contribution in [3.05, 3.63) is 33.3 Å². The molecule has 1 aromatic carbocycles. The number of aliphatic imine (C=N–C) groups is 1. The Morgan fingerprint density at radius 3 is 2.80 bits per heavy atom.